The maximum atomic E-state index is 13.3. The van der Waals surface area contributed by atoms with Gasteiger partial charge in [0.05, 0.1) is 23.5 Å². The minimum Gasteiger partial charge on any atom is -0.482 e. The van der Waals surface area contributed by atoms with E-state index in [4.69, 9.17) is 26.2 Å². The van der Waals surface area contributed by atoms with Crippen molar-refractivity contribution in [1.29, 1.82) is 0 Å². The monoisotopic (exact) mass is 802 g/mol. The molecule has 280 valence electrons. The van der Waals surface area contributed by atoms with Gasteiger partial charge in [0.15, 0.2) is 6.61 Å². The van der Waals surface area contributed by atoms with Crippen LogP contribution in [0.5, 0.6) is 5.75 Å². The van der Waals surface area contributed by atoms with Crippen LogP contribution < -0.4 is 9.64 Å². The number of aliphatic hydroxyl groups excluding tert-OH is 1. The molecule has 0 radical (unpaired) electrons. The van der Waals surface area contributed by atoms with E-state index in [1.807, 2.05) is 48.2 Å². The summed E-state index contributed by atoms with van der Waals surface area (Å²) in [5.74, 6) is 0.223. The lowest BCUT2D eigenvalue weighted by atomic mass is 10.1. The molecule has 3 aromatic carbocycles. The van der Waals surface area contributed by atoms with Gasteiger partial charge >= 0.3 is 12.1 Å². The first-order valence-electron chi connectivity index (χ1n) is 15.5. The number of esters is 1. The summed E-state index contributed by atoms with van der Waals surface area (Å²) in [7, 11) is 3.83. The third kappa shape index (κ3) is 14.5. The Morgan fingerprint density at radius 3 is 2.12 bits per heavy atom. The van der Waals surface area contributed by atoms with Gasteiger partial charge in [-0.1, -0.05) is 35.5 Å². The van der Waals surface area contributed by atoms with Gasteiger partial charge < -0.3 is 29.3 Å². The van der Waals surface area contributed by atoms with Gasteiger partial charge in [-0.2, -0.15) is 13.2 Å². The molecule has 0 aromatic heterocycles. The topological polar surface area (TPSA) is 68.7 Å². The molecule has 0 spiro atoms. The maximum Gasteiger partial charge on any atom is 0.416 e. The number of likely N-dealkylation sites (N-methyl/N-ethyl adjacent to an activating group) is 1. The Kier molecular flexibility index (Phi) is 20.9. The van der Waals surface area contributed by atoms with Crippen LogP contribution in [-0.4, -0.2) is 112 Å². The van der Waals surface area contributed by atoms with Crippen molar-refractivity contribution in [2.75, 3.05) is 91.2 Å². The quantitative estimate of drug-likeness (QED) is 0.189. The molecule has 0 bridgehead atoms. The van der Waals surface area contributed by atoms with Gasteiger partial charge in [-0.15, -0.1) is 37.2 Å². The van der Waals surface area contributed by atoms with E-state index in [1.165, 1.54) is 23.9 Å². The van der Waals surface area contributed by atoms with E-state index in [9.17, 15) is 18.0 Å². The number of halogens is 7. The van der Waals surface area contributed by atoms with Crippen LogP contribution in [0.2, 0.25) is 5.02 Å². The van der Waals surface area contributed by atoms with E-state index in [1.54, 1.807) is 30.3 Å². The lowest BCUT2D eigenvalue weighted by molar-refractivity contribution is -0.146. The predicted molar refractivity (Wildman–Crippen MR) is 202 cm³/mol. The smallest absolute Gasteiger partial charge is 0.416 e. The number of hydrogen-bond donors (Lipinski definition) is 1. The van der Waals surface area contributed by atoms with Gasteiger partial charge in [0.25, 0.3) is 0 Å². The highest BCUT2D eigenvalue weighted by Gasteiger charge is 2.33. The standard InChI is InChI=1S/C22H26F3N3OS.C12H16ClNO3.3ClH/c23-22(24,25)17-6-7-21-19(16-17)28(18-4-1-2-5-20(18)30-21)9-3-8-26-10-12-27(13-11-26)14-15-29;1-14(2)7-8-16-12(15)9-17-11-5-3-10(13)4-6-11;;;/h1-2,4-7,16,29H,3,8-15H2;3-6H,7-9H2,1-2H3;3*1H. The number of anilines is 2. The summed E-state index contributed by atoms with van der Waals surface area (Å²) in [5.41, 5.74) is 1.01. The fraction of sp³-hybridized carbons (Fsp3) is 0.441. The number of piperazine rings is 1. The fourth-order valence-electron chi connectivity index (χ4n) is 5.13. The van der Waals surface area contributed by atoms with Gasteiger partial charge in [0, 0.05) is 60.6 Å². The number of nitrogens with zero attached hydrogens (tertiary/aromatic N) is 4. The van der Waals surface area contributed by atoms with Gasteiger partial charge in [-0.05, 0) is 81.7 Å². The third-order valence-corrected chi connectivity index (χ3v) is 9.04. The zero-order chi connectivity index (χ0) is 33.8. The highest BCUT2D eigenvalue weighted by atomic mass is 35.5. The summed E-state index contributed by atoms with van der Waals surface area (Å²) >= 11 is 7.25. The van der Waals surface area contributed by atoms with Gasteiger partial charge in [-0.25, -0.2) is 4.79 Å². The number of aliphatic hydroxyl groups is 1. The van der Waals surface area contributed by atoms with E-state index in [2.05, 4.69) is 9.80 Å². The summed E-state index contributed by atoms with van der Waals surface area (Å²) in [6.45, 7) is 7.28. The zero-order valence-corrected chi connectivity index (χ0v) is 32.0. The predicted octanol–water partition coefficient (Wildman–Crippen LogP) is 7.40. The Balaban J connectivity index is 0.000000541. The number of carbonyl (C=O) groups is 1. The molecule has 0 amide bonds. The number of hydrogen-bond acceptors (Lipinski definition) is 9. The highest BCUT2D eigenvalue weighted by Crippen LogP contribution is 2.49. The Bertz CT molecular complexity index is 1440. The second-order valence-electron chi connectivity index (χ2n) is 11.4. The summed E-state index contributed by atoms with van der Waals surface area (Å²) in [6, 6.07) is 18.8. The van der Waals surface area contributed by atoms with E-state index in [0.29, 0.717) is 42.7 Å². The van der Waals surface area contributed by atoms with Crippen molar-refractivity contribution in [3.05, 3.63) is 77.3 Å². The molecule has 1 fully saturated rings. The SMILES string of the molecule is CN(C)CCOC(=O)COc1ccc(Cl)cc1.Cl.Cl.Cl.OCCN1CCN(CCCN2c3ccccc3Sc3ccc(C(F)(F)F)cc32)CC1. The second kappa shape index (κ2) is 22.7. The molecule has 0 saturated carbocycles. The first kappa shape index (κ1) is 45.9. The molecule has 0 aliphatic carbocycles. The molecular weight excluding hydrogens is 759 g/mol. The molecule has 8 nitrogen and oxygen atoms in total. The van der Waals surface area contributed by atoms with Crippen molar-refractivity contribution in [3.63, 3.8) is 0 Å². The van der Waals surface area contributed by atoms with Crippen molar-refractivity contribution in [3.8, 4) is 5.75 Å². The molecule has 5 rings (SSSR count). The number of benzene rings is 3. The van der Waals surface area contributed by atoms with Crippen molar-refractivity contribution < 1.29 is 32.5 Å². The van der Waals surface area contributed by atoms with Crippen molar-refractivity contribution >= 4 is 77.9 Å². The van der Waals surface area contributed by atoms with Crippen molar-refractivity contribution in [2.45, 2.75) is 22.4 Å². The molecule has 3 aromatic rings. The number of alkyl halides is 3. The lowest BCUT2D eigenvalue weighted by Gasteiger charge is -2.36. The van der Waals surface area contributed by atoms with Crippen LogP contribution in [0.25, 0.3) is 0 Å². The maximum absolute atomic E-state index is 13.3. The number of carbonyl (C=O) groups excluding carboxylic acids is 1. The van der Waals surface area contributed by atoms with E-state index < -0.39 is 11.7 Å². The fourth-order valence-corrected chi connectivity index (χ4v) is 6.34. The highest BCUT2D eigenvalue weighted by molar-refractivity contribution is 7.99. The molecule has 1 saturated heterocycles. The molecule has 16 heteroatoms. The lowest BCUT2D eigenvalue weighted by Crippen LogP contribution is -2.47. The number of ether oxygens (including phenoxy) is 2. The van der Waals surface area contributed by atoms with E-state index in [-0.39, 0.29) is 56.4 Å². The van der Waals surface area contributed by atoms with Gasteiger partial charge in [0.2, 0.25) is 0 Å². The minimum absolute atomic E-state index is 0. The van der Waals surface area contributed by atoms with Crippen LogP contribution in [0.1, 0.15) is 12.0 Å². The molecule has 0 unspecified atom stereocenters. The van der Waals surface area contributed by atoms with Crippen LogP contribution in [0.4, 0.5) is 24.5 Å². The summed E-state index contributed by atoms with van der Waals surface area (Å²) in [5, 5.41) is 9.70. The Hall–Kier alpha value is -2.13. The average molecular weight is 805 g/mol. The molecule has 1 N–H and O–H groups in total. The summed E-state index contributed by atoms with van der Waals surface area (Å²) in [6.07, 6.45) is -3.48. The Morgan fingerprint density at radius 1 is 0.880 bits per heavy atom. The molecule has 2 heterocycles. The Morgan fingerprint density at radius 2 is 1.50 bits per heavy atom. The number of para-hydroxylation sites is 1. The molecule has 0 atom stereocenters. The normalized spacial score (nSPS) is 14.1. The number of fused-ring (bicyclic) bond motifs is 2. The first-order valence-corrected chi connectivity index (χ1v) is 16.7. The number of rotatable bonds is 12. The van der Waals surface area contributed by atoms with Crippen molar-refractivity contribution in [2.24, 2.45) is 0 Å². The zero-order valence-electron chi connectivity index (χ0n) is 27.9. The van der Waals surface area contributed by atoms with Crippen LogP contribution >= 0.6 is 60.6 Å². The number of β-amino-alcohol motifs (C(OH)–C–C–N with tert-alkyl or cyclic N) is 1. The third-order valence-electron chi connectivity index (χ3n) is 7.66. The average Bonchev–Trinajstić information content (AvgIpc) is 3.04. The van der Waals surface area contributed by atoms with E-state index >= 15 is 0 Å². The van der Waals surface area contributed by atoms with Gasteiger partial charge in [-0.3, -0.25) is 4.90 Å². The largest absolute Gasteiger partial charge is 0.482 e. The molecule has 2 aliphatic heterocycles. The second-order valence-corrected chi connectivity index (χ2v) is 12.9. The Labute approximate surface area is 320 Å². The summed E-state index contributed by atoms with van der Waals surface area (Å²) in [4.78, 5) is 21.8. The molecular formula is C34H45Cl4F3N4O4S. The first-order chi connectivity index (χ1) is 22.5. The van der Waals surface area contributed by atoms with E-state index in [0.717, 1.165) is 54.6 Å². The minimum atomic E-state index is -4.35. The van der Waals surface area contributed by atoms with Gasteiger partial charge in [0.1, 0.15) is 12.4 Å². The van der Waals surface area contributed by atoms with Crippen LogP contribution in [-0.2, 0) is 15.7 Å². The van der Waals surface area contributed by atoms with Crippen molar-refractivity contribution in [1.82, 2.24) is 14.7 Å². The van der Waals surface area contributed by atoms with Crippen LogP contribution in [0.15, 0.2) is 76.5 Å². The molecule has 2 aliphatic rings. The molecule has 50 heavy (non-hydrogen) atoms. The van der Waals surface area contributed by atoms with Crippen LogP contribution in [0.3, 0.4) is 0 Å². The summed E-state index contributed by atoms with van der Waals surface area (Å²) < 4.78 is 50.1. The van der Waals surface area contributed by atoms with Crippen LogP contribution in [0, 0.1) is 0 Å².